The number of amides is 1. The Kier molecular flexibility index (Phi) is 6.75. The van der Waals surface area contributed by atoms with Gasteiger partial charge < -0.3 is 10.0 Å². The largest absolute Gasteiger partial charge is 0.436 e. The molecule has 198 valence electrons. The van der Waals surface area contributed by atoms with Gasteiger partial charge >= 0.3 is 6.18 Å². The molecular formula is C25H27F3N4O4S. The minimum atomic E-state index is -4.82. The Labute approximate surface area is 212 Å². The van der Waals surface area contributed by atoms with Crippen LogP contribution in [0.2, 0.25) is 0 Å². The number of rotatable bonds is 5. The van der Waals surface area contributed by atoms with Gasteiger partial charge in [-0.1, -0.05) is 18.2 Å². The van der Waals surface area contributed by atoms with Crippen LogP contribution in [0.1, 0.15) is 46.8 Å². The van der Waals surface area contributed by atoms with E-state index in [0.717, 1.165) is 10.1 Å². The first kappa shape index (κ1) is 25.7. The highest BCUT2D eigenvalue weighted by Gasteiger charge is 2.42. The Balaban J connectivity index is 1.42. The number of pyridine rings is 1. The molecule has 12 heteroatoms. The maximum absolute atomic E-state index is 13.9. The van der Waals surface area contributed by atoms with Gasteiger partial charge in [-0.2, -0.15) is 22.6 Å². The van der Waals surface area contributed by atoms with E-state index in [0.29, 0.717) is 19.3 Å². The fourth-order valence-corrected chi connectivity index (χ4v) is 6.71. The Morgan fingerprint density at radius 3 is 2.38 bits per heavy atom. The molecule has 2 aliphatic heterocycles. The molecule has 2 aromatic heterocycles. The van der Waals surface area contributed by atoms with Crippen molar-refractivity contribution < 1.29 is 31.5 Å². The summed E-state index contributed by atoms with van der Waals surface area (Å²) in [5, 5.41) is 13.1. The molecule has 0 bridgehead atoms. The molecule has 2 aliphatic rings. The van der Waals surface area contributed by atoms with Crippen LogP contribution < -0.4 is 0 Å². The van der Waals surface area contributed by atoms with Gasteiger partial charge in [0.25, 0.3) is 5.91 Å². The number of nitrogens with zero attached hydrogens (tertiary/aromatic N) is 4. The number of likely N-dealkylation sites (tertiary alicyclic amines) is 1. The summed E-state index contributed by atoms with van der Waals surface area (Å²) in [6.07, 6.45) is -1.88. The number of sulfonamides is 1. The number of alkyl halides is 3. The molecule has 1 amide bonds. The minimum Gasteiger partial charge on any atom is -0.396 e. The fourth-order valence-electron chi connectivity index (χ4n) is 5.22. The van der Waals surface area contributed by atoms with Gasteiger partial charge in [-0.05, 0) is 55.0 Å². The van der Waals surface area contributed by atoms with Gasteiger partial charge in [0, 0.05) is 44.9 Å². The summed E-state index contributed by atoms with van der Waals surface area (Å²) in [4.78, 5) is 14.8. The number of halogens is 3. The number of aliphatic hydroxyl groups is 1. The van der Waals surface area contributed by atoms with Crippen LogP contribution in [-0.2, 0) is 16.2 Å². The molecule has 0 spiro atoms. The molecule has 0 radical (unpaired) electrons. The van der Waals surface area contributed by atoms with Crippen molar-refractivity contribution in [3.05, 3.63) is 65.5 Å². The smallest absolute Gasteiger partial charge is 0.396 e. The highest BCUT2D eigenvalue weighted by atomic mass is 32.2. The molecule has 2 fully saturated rings. The summed E-state index contributed by atoms with van der Waals surface area (Å²) in [6.45, 7) is 0.892. The predicted octanol–water partition coefficient (Wildman–Crippen LogP) is 3.38. The van der Waals surface area contributed by atoms with Gasteiger partial charge in [0.15, 0.2) is 5.69 Å². The van der Waals surface area contributed by atoms with Gasteiger partial charge in [0.05, 0.1) is 16.0 Å². The average molecular weight is 537 g/mol. The summed E-state index contributed by atoms with van der Waals surface area (Å²) < 4.78 is 70.0. The molecule has 0 saturated carbocycles. The van der Waals surface area contributed by atoms with E-state index in [1.54, 1.807) is 42.5 Å². The normalized spacial score (nSPS) is 20.1. The van der Waals surface area contributed by atoms with Crippen LogP contribution in [0.4, 0.5) is 13.2 Å². The minimum absolute atomic E-state index is 0.0709. The van der Waals surface area contributed by atoms with Crippen molar-refractivity contribution in [1.82, 2.24) is 18.8 Å². The first-order chi connectivity index (χ1) is 17.6. The third-order valence-corrected chi connectivity index (χ3v) is 9.19. The van der Waals surface area contributed by atoms with Crippen LogP contribution in [0.25, 0.3) is 5.52 Å². The SMILES string of the molecule is O=C(c1c(C(F)(F)F)nn2ccc(C3CCN(S(=O)(=O)c4ccccc4)CC3)cc12)N1CCC(CO)C1. The molecule has 4 heterocycles. The van der Waals surface area contributed by atoms with E-state index < -0.39 is 33.4 Å². The molecule has 0 aliphatic carbocycles. The van der Waals surface area contributed by atoms with E-state index in [1.165, 1.54) is 15.4 Å². The topological polar surface area (TPSA) is 95.2 Å². The zero-order valence-corrected chi connectivity index (χ0v) is 20.7. The lowest BCUT2D eigenvalue weighted by molar-refractivity contribution is -0.141. The van der Waals surface area contributed by atoms with Crippen molar-refractivity contribution in [2.24, 2.45) is 5.92 Å². The highest BCUT2D eigenvalue weighted by Crippen LogP contribution is 2.37. The average Bonchev–Trinajstić information content (AvgIpc) is 3.54. The van der Waals surface area contributed by atoms with E-state index in [-0.39, 0.29) is 55.0 Å². The second kappa shape index (κ2) is 9.73. The van der Waals surface area contributed by atoms with E-state index in [2.05, 4.69) is 5.10 Å². The van der Waals surface area contributed by atoms with Gasteiger partial charge in [-0.15, -0.1) is 0 Å². The molecular weight excluding hydrogens is 509 g/mol. The molecule has 1 aromatic carbocycles. The summed E-state index contributed by atoms with van der Waals surface area (Å²) in [6, 6.07) is 11.4. The van der Waals surface area contributed by atoms with Crippen molar-refractivity contribution >= 4 is 21.4 Å². The number of aliphatic hydroxyl groups excluding tert-OH is 1. The van der Waals surface area contributed by atoms with Crippen LogP contribution in [0.15, 0.2) is 53.6 Å². The van der Waals surface area contributed by atoms with Crippen LogP contribution >= 0.6 is 0 Å². The molecule has 5 rings (SSSR count). The predicted molar refractivity (Wildman–Crippen MR) is 128 cm³/mol. The van der Waals surface area contributed by atoms with Crippen LogP contribution in [0.3, 0.4) is 0 Å². The van der Waals surface area contributed by atoms with Crippen LogP contribution in [0, 0.1) is 5.92 Å². The molecule has 2 saturated heterocycles. The number of hydrogen-bond acceptors (Lipinski definition) is 5. The maximum atomic E-state index is 13.9. The van der Waals surface area contributed by atoms with Crippen molar-refractivity contribution in [2.45, 2.75) is 36.3 Å². The fraction of sp³-hybridized carbons (Fsp3) is 0.440. The number of aromatic nitrogens is 2. The molecule has 3 aromatic rings. The second-order valence-electron chi connectivity index (χ2n) is 9.59. The molecule has 1 atom stereocenters. The number of carbonyl (C=O) groups is 1. The van der Waals surface area contributed by atoms with E-state index in [1.807, 2.05) is 0 Å². The number of piperidine rings is 1. The Bertz CT molecular complexity index is 1400. The van der Waals surface area contributed by atoms with Gasteiger partial charge in [-0.25, -0.2) is 12.9 Å². The summed E-state index contributed by atoms with van der Waals surface area (Å²) in [5.41, 5.74) is -0.911. The Morgan fingerprint density at radius 1 is 1.05 bits per heavy atom. The first-order valence-corrected chi connectivity index (χ1v) is 13.6. The van der Waals surface area contributed by atoms with Crippen molar-refractivity contribution in [3.8, 4) is 0 Å². The van der Waals surface area contributed by atoms with Crippen molar-refractivity contribution in [1.29, 1.82) is 0 Å². The number of carbonyl (C=O) groups excluding carboxylic acids is 1. The van der Waals surface area contributed by atoms with Crippen LogP contribution in [0.5, 0.6) is 0 Å². The van der Waals surface area contributed by atoms with E-state index in [4.69, 9.17) is 0 Å². The number of fused-ring (bicyclic) bond motifs is 1. The second-order valence-corrected chi connectivity index (χ2v) is 11.5. The quantitative estimate of drug-likeness (QED) is 0.540. The Hall–Kier alpha value is -2.96. The van der Waals surface area contributed by atoms with Crippen molar-refractivity contribution in [3.63, 3.8) is 0 Å². The Morgan fingerprint density at radius 2 is 1.76 bits per heavy atom. The number of hydrogen-bond donors (Lipinski definition) is 1. The lowest BCUT2D eigenvalue weighted by Gasteiger charge is -2.31. The van der Waals surface area contributed by atoms with Gasteiger partial charge in [0.2, 0.25) is 10.0 Å². The van der Waals surface area contributed by atoms with Gasteiger partial charge in [0.1, 0.15) is 0 Å². The molecule has 8 nitrogen and oxygen atoms in total. The maximum Gasteiger partial charge on any atom is 0.436 e. The summed E-state index contributed by atoms with van der Waals surface area (Å²) >= 11 is 0. The molecule has 1 N–H and O–H groups in total. The summed E-state index contributed by atoms with van der Waals surface area (Å²) in [7, 11) is -3.62. The molecule has 1 unspecified atom stereocenters. The van der Waals surface area contributed by atoms with E-state index in [9.17, 15) is 31.5 Å². The summed E-state index contributed by atoms with van der Waals surface area (Å²) in [5.74, 6) is -0.989. The third-order valence-electron chi connectivity index (χ3n) is 7.28. The standard InChI is InChI=1S/C25H27F3N4O4S/c26-25(27,28)23-22(24(34)30-10-6-17(15-30)16-33)21-14-19(9-13-32(21)29-23)18-7-11-31(12-8-18)37(35,36)20-4-2-1-3-5-20/h1-5,9,13-14,17-18,33H,6-8,10-12,15-16H2. The van der Waals surface area contributed by atoms with E-state index >= 15 is 0 Å². The van der Waals surface area contributed by atoms with Gasteiger partial charge in [-0.3, -0.25) is 4.79 Å². The highest BCUT2D eigenvalue weighted by molar-refractivity contribution is 7.89. The zero-order chi connectivity index (χ0) is 26.4. The van der Waals surface area contributed by atoms with Crippen molar-refractivity contribution in [2.75, 3.05) is 32.8 Å². The lowest BCUT2D eigenvalue weighted by Crippen LogP contribution is -2.37. The first-order valence-electron chi connectivity index (χ1n) is 12.1. The lowest BCUT2D eigenvalue weighted by atomic mass is 9.90. The monoisotopic (exact) mass is 536 g/mol. The molecule has 37 heavy (non-hydrogen) atoms. The van der Waals surface area contributed by atoms with Crippen LogP contribution in [-0.4, -0.2) is 71.0 Å². The third kappa shape index (κ3) is 4.85. The number of benzene rings is 1. The zero-order valence-electron chi connectivity index (χ0n) is 19.9.